The molecule has 1 aromatic carbocycles. The monoisotopic (exact) mass is 258 g/mol. The van der Waals surface area contributed by atoms with Crippen molar-refractivity contribution in [1.82, 2.24) is 0 Å². The van der Waals surface area contributed by atoms with Gasteiger partial charge in [0.2, 0.25) is 0 Å². The lowest BCUT2D eigenvalue weighted by atomic mass is 9.76. The van der Waals surface area contributed by atoms with Gasteiger partial charge in [0, 0.05) is 6.42 Å². The van der Waals surface area contributed by atoms with Gasteiger partial charge in [-0.05, 0) is 41.7 Å². The van der Waals surface area contributed by atoms with Gasteiger partial charge in [0.15, 0.2) is 0 Å². The van der Waals surface area contributed by atoms with Gasteiger partial charge in [0.05, 0.1) is 7.11 Å². The molecule has 0 heterocycles. The van der Waals surface area contributed by atoms with E-state index in [9.17, 15) is 4.79 Å². The molecule has 1 N–H and O–H groups in total. The van der Waals surface area contributed by atoms with Crippen LogP contribution in [0.15, 0.2) is 36.4 Å². The van der Waals surface area contributed by atoms with Crippen molar-refractivity contribution in [3.63, 3.8) is 0 Å². The van der Waals surface area contributed by atoms with Crippen molar-refractivity contribution in [2.24, 2.45) is 17.8 Å². The van der Waals surface area contributed by atoms with Crippen LogP contribution in [0.5, 0.6) is 5.75 Å². The molecule has 2 bridgehead atoms. The minimum atomic E-state index is -0.703. The van der Waals surface area contributed by atoms with Gasteiger partial charge in [-0.1, -0.05) is 30.4 Å². The van der Waals surface area contributed by atoms with E-state index >= 15 is 0 Å². The Balaban J connectivity index is 1.97. The zero-order valence-electron chi connectivity index (χ0n) is 11.0. The summed E-state index contributed by atoms with van der Waals surface area (Å²) < 4.78 is 5.45. The summed E-state index contributed by atoms with van der Waals surface area (Å²) in [6, 6.07) is 8.00. The molecule has 3 heteroatoms. The number of carboxylic acids is 1. The minimum Gasteiger partial charge on any atom is -0.496 e. The Kier molecular flexibility index (Phi) is 3.05. The van der Waals surface area contributed by atoms with E-state index < -0.39 is 5.97 Å². The summed E-state index contributed by atoms with van der Waals surface area (Å²) in [4.78, 5) is 11.1. The molecule has 1 fully saturated rings. The fourth-order valence-electron chi connectivity index (χ4n) is 3.81. The van der Waals surface area contributed by atoms with Gasteiger partial charge in [-0.15, -0.1) is 0 Å². The smallest absolute Gasteiger partial charge is 0.303 e. The molecule has 0 radical (unpaired) electrons. The molecule has 0 saturated heterocycles. The van der Waals surface area contributed by atoms with Gasteiger partial charge in [-0.25, -0.2) is 0 Å². The minimum absolute atomic E-state index is 0.198. The number of ether oxygens (including phenoxy) is 1. The lowest BCUT2D eigenvalue weighted by Gasteiger charge is -2.28. The van der Waals surface area contributed by atoms with Crippen LogP contribution in [0.25, 0.3) is 0 Å². The van der Waals surface area contributed by atoms with Crippen molar-refractivity contribution in [2.75, 3.05) is 7.11 Å². The number of aliphatic carboxylic acids is 1. The van der Waals surface area contributed by atoms with E-state index in [0.717, 1.165) is 17.7 Å². The number of rotatable bonds is 4. The lowest BCUT2D eigenvalue weighted by Crippen LogP contribution is -2.21. The molecule has 19 heavy (non-hydrogen) atoms. The topological polar surface area (TPSA) is 46.5 Å². The van der Waals surface area contributed by atoms with E-state index in [1.807, 2.05) is 18.2 Å². The third kappa shape index (κ3) is 2.03. The number of hydrogen-bond acceptors (Lipinski definition) is 2. The van der Waals surface area contributed by atoms with E-state index in [4.69, 9.17) is 9.84 Å². The van der Waals surface area contributed by atoms with Crippen molar-refractivity contribution in [2.45, 2.75) is 18.8 Å². The van der Waals surface area contributed by atoms with Crippen LogP contribution in [0.1, 0.15) is 24.3 Å². The third-order valence-electron chi connectivity index (χ3n) is 4.53. The van der Waals surface area contributed by atoms with Crippen LogP contribution in [0, 0.1) is 17.8 Å². The summed E-state index contributed by atoms with van der Waals surface area (Å²) in [7, 11) is 1.67. The highest BCUT2D eigenvalue weighted by atomic mass is 16.5. The normalized spacial score (nSPS) is 31.6. The van der Waals surface area contributed by atoms with Crippen LogP contribution in [0.3, 0.4) is 0 Å². The average Bonchev–Trinajstić information content (AvgIpc) is 2.99. The van der Waals surface area contributed by atoms with Crippen LogP contribution in [0.4, 0.5) is 0 Å². The fourth-order valence-corrected chi connectivity index (χ4v) is 3.81. The second-order valence-electron chi connectivity index (χ2n) is 5.48. The molecule has 2 aliphatic carbocycles. The molecule has 0 aliphatic heterocycles. The Morgan fingerprint density at radius 1 is 1.32 bits per heavy atom. The first-order chi connectivity index (χ1) is 9.20. The highest BCUT2D eigenvalue weighted by Gasteiger charge is 2.46. The lowest BCUT2D eigenvalue weighted by molar-refractivity contribution is -0.138. The molecule has 4 atom stereocenters. The predicted octanol–water partition coefficient (Wildman–Crippen LogP) is 3.08. The van der Waals surface area contributed by atoms with Crippen molar-refractivity contribution in [3.05, 3.63) is 42.0 Å². The Bertz CT molecular complexity index is 520. The number of para-hydroxylation sites is 1. The van der Waals surface area contributed by atoms with Crippen LogP contribution in [0.2, 0.25) is 0 Å². The number of carbonyl (C=O) groups is 1. The average molecular weight is 258 g/mol. The number of methoxy groups -OCH3 is 1. The molecule has 0 aromatic heterocycles. The summed E-state index contributed by atoms with van der Waals surface area (Å²) in [6.45, 7) is 0. The maximum atomic E-state index is 11.1. The van der Waals surface area contributed by atoms with Crippen molar-refractivity contribution in [1.29, 1.82) is 0 Å². The standard InChI is InChI=1S/C16H18O3/c1-19-14-5-3-2-4-12(14)16-11-7-6-10(8-11)13(16)9-15(17)18/h2-7,10-11,13,16H,8-9H2,1H3,(H,17,18). The van der Waals surface area contributed by atoms with Crippen LogP contribution in [-0.4, -0.2) is 18.2 Å². The number of hydrogen-bond donors (Lipinski definition) is 1. The fraction of sp³-hybridized carbons (Fsp3) is 0.438. The van der Waals surface area contributed by atoms with Gasteiger partial charge in [0.1, 0.15) is 5.75 Å². The summed E-state index contributed by atoms with van der Waals surface area (Å²) in [5.74, 6) is 1.53. The Morgan fingerprint density at radius 2 is 2.05 bits per heavy atom. The summed E-state index contributed by atoms with van der Waals surface area (Å²) in [6.07, 6.45) is 5.78. The zero-order chi connectivity index (χ0) is 13.4. The molecule has 4 unspecified atom stereocenters. The highest BCUT2D eigenvalue weighted by molar-refractivity contribution is 5.67. The van der Waals surface area contributed by atoms with Crippen LogP contribution < -0.4 is 4.74 Å². The quantitative estimate of drug-likeness (QED) is 0.844. The molecule has 2 aliphatic rings. The Hall–Kier alpha value is -1.77. The molecule has 100 valence electrons. The molecule has 0 spiro atoms. The molecule has 1 saturated carbocycles. The summed E-state index contributed by atoms with van der Waals surface area (Å²) in [5, 5.41) is 9.14. The SMILES string of the molecule is COc1ccccc1C1C2C=CC(C2)C1CC(=O)O. The van der Waals surface area contributed by atoms with Crippen molar-refractivity contribution < 1.29 is 14.6 Å². The first kappa shape index (κ1) is 12.3. The second-order valence-corrected chi connectivity index (χ2v) is 5.48. The molecule has 3 nitrogen and oxygen atoms in total. The molecule has 0 amide bonds. The number of benzene rings is 1. The third-order valence-corrected chi connectivity index (χ3v) is 4.53. The van der Waals surface area contributed by atoms with E-state index in [-0.39, 0.29) is 18.3 Å². The highest BCUT2D eigenvalue weighted by Crippen LogP contribution is 2.55. The van der Waals surface area contributed by atoms with Gasteiger partial charge in [0.25, 0.3) is 0 Å². The predicted molar refractivity (Wildman–Crippen MR) is 72.2 cm³/mol. The first-order valence-electron chi connectivity index (χ1n) is 6.73. The van der Waals surface area contributed by atoms with E-state index in [2.05, 4.69) is 18.2 Å². The molecular weight excluding hydrogens is 240 g/mol. The first-order valence-corrected chi connectivity index (χ1v) is 6.73. The molecule has 3 rings (SSSR count). The maximum Gasteiger partial charge on any atom is 0.303 e. The van der Waals surface area contributed by atoms with Crippen LogP contribution >= 0.6 is 0 Å². The van der Waals surface area contributed by atoms with Gasteiger partial charge >= 0.3 is 5.97 Å². The number of carboxylic acid groups (broad SMARTS) is 1. The number of allylic oxidation sites excluding steroid dienone is 2. The zero-order valence-corrected chi connectivity index (χ0v) is 11.0. The largest absolute Gasteiger partial charge is 0.496 e. The van der Waals surface area contributed by atoms with Gasteiger partial charge in [-0.3, -0.25) is 4.79 Å². The Morgan fingerprint density at radius 3 is 2.79 bits per heavy atom. The second kappa shape index (κ2) is 4.72. The van der Waals surface area contributed by atoms with Crippen molar-refractivity contribution in [3.8, 4) is 5.75 Å². The molecule has 1 aromatic rings. The summed E-state index contributed by atoms with van der Waals surface area (Å²) >= 11 is 0. The van der Waals surface area contributed by atoms with Crippen molar-refractivity contribution >= 4 is 5.97 Å². The summed E-state index contributed by atoms with van der Waals surface area (Å²) in [5.41, 5.74) is 1.16. The van der Waals surface area contributed by atoms with Crippen LogP contribution in [-0.2, 0) is 4.79 Å². The van der Waals surface area contributed by atoms with E-state index in [1.54, 1.807) is 7.11 Å². The number of fused-ring (bicyclic) bond motifs is 2. The van der Waals surface area contributed by atoms with Gasteiger partial charge < -0.3 is 9.84 Å². The van der Waals surface area contributed by atoms with E-state index in [0.29, 0.717) is 11.8 Å². The maximum absolute atomic E-state index is 11.1. The Labute approximate surface area is 112 Å². The van der Waals surface area contributed by atoms with Gasteiger partial charge in [-0.2, -0.15) is 0 Å². The van der Waals surface area contributed by atoms with E-state index in [1.165, 1.54) is 0 Å². The molecular formula is C16H18O3.